The summed E-state index contributed by atoms with van der Waals surface area (Å²) in [6.07, 6.45) is 1.67. The van der Waals surface area contributed by atoms with Gasteiger partial charge in [-0.05, 0) is 43.4 Å². The Balaban J connectivity index is 1.25. The molecule has 3 heterocycles. The van der Waals surface area contributed by atoms with Gasteiger partial charge >= 0.3 is 0 Å². The predicted octanol–water partition coefficient (Wildman–Crippen LogP) is 5.63. The Kier molecular flexibility index (Phi) is 6.88. The van der Waals surface area contributed by atoms with Gasteiger partial charge < -0.3 is 15.5 Å². The Labute approximate surface area is 238 Å². The number of aromatic nitrogens is 2. The van der Waals surface area contributed by atoms with Gasteiger partial charge in [-0.2, -0.15) is 5.26 Å². The molecule has 1 atom stereocenters. The number of nitrogens with zero attached hydrogens (tertiary/aromatic N) is 4. The highest BCUT2D eigenvalue weighted by Gasteiger charge is 2.42. The van der Waals surface area contributed by atoms with Gasteiger partial charge in [-0.1, -0.05) is 59.5 Å². The second kappa shape index (κ2) is 10.6. The first-order valence-electron chi connectivity index (χ1n) is 12.7. The quantitative estimate of drug-likeness (QED) is 0.283. The van der Waals surface area contributed by atoms with Crippen molar-refractivity contribution in [1.29, 1.82) is 5.26 Å². The van der Waals surface area contributed by atoms with Crippen LogP contribution in [0.1, 0.15) is 36.7 Å². The molecule has 2 aromatic carbocycles. The molecule has 1 aliphatic heterocycles. The Morgan fingerprint density at radius 3 is 2.83 bits per heavy atom. The minimum atomic E-state index is -0.655. The lowest BCUT2D eigenvalue weighted by Gasteiger charge is -2.37. The Hall–Kier alpha value is -4.40. The molecule has 1 aliphatic carbocycles. The van der Waals surface area contributed by atoms with E-state index in [1.165, 1.54) is 23.1 Å². The molecule has 2 aliphatic rings. The van der Waals surface area contributed by atoms with Gasteiger partial charge in [0, 0.05) is 28.8 Å². The lowest BCUT2D eigenvalue weighted by Crippen LogP contribution is -2.38. The summed E-state index contributed by atoms with van der Waals surface area (Å²) in [4.78, 5) is 27.6. The van der Waals surface area contributed by atoms with Crippen LogP contribution in [0.15, 0.2) is 86.0 Å². The van der Waals surface area contributed by atoms with Gasteiger partial charge in [0.25, 0.3) is 0 Å². The minimum Gasteiger partial charge on any atom is -0.465 e. The predicted molar refractivity (Wildman–Crippen MR) is 155 cm³/mol. The van der Waals surface area contributed by atoms with E-state index in [1.807, 2.05) is 55.5 Å². The number of ketones is 1. The molecule has 1 amide bonds. The Morgan fingerprint density at radius 1 is 1.20 bits per heavy atom. The minimum absolute atomic E-state index is 0.0326. The second-order valence-corrected chi connectivity index (χ2v) is 11.7. The lowest BCUT2D eigenvalue weighted by atomic mass is 9.78. The molecule has 0 radical (unpaired) electrons. The summed E-state index contributed by atoms with van der Waals surface area (Å²) >= 11 is 2.52. The van der Waals surface area contributed by atoms with Gasteiger partial charge in [0.1, 0.15) is 17.3 Å². The van der Waals surface area contributed by atoms with Crippen LogP contribution in [0, 0.1) is 18.3 Å². The molecule has 0 saturated carbocycles. The van der Waals surface area contributed by atoms with E-state index in [2.05, 4.69) is 21.6 Å². The molecule has 1 unspecified atom stereocenters. The van der Waals surface area contributed by atoms with E-state index in [-0.39, 0.29) is 28.8 Å². The zero-order valence-electron chi connectivity index (χ0n) is 21.5. The standard InChI is InChI=1S/C29H24N6O3S2/c1-16-12-13-23(38-16)25-19(14-30)27(31)35(21-10-5-11-22(36)26(21)25)28-33-34-29(40-28)39-15-24(37)32-20-9-4-7-17-6-2-3-8-18(17)20/h2-4,6-9,12-13,25H,5,10-11,15,31H2,1H3,(H,32,37). The van der Waals surface area contributed by atoms with E-state index in [1.54, 1.807) is 11.0 Å². The van der Waals surface area contributed by atoms with Crippen LogP contribution in [0.2, 0.25) is 0 Å². The van der Waals surface area contributed by atoms with Crippen molar-refractivity contribution in [3.8, 4) is 6.07 Å². The van der Waals surface area contributed by atoms with Gasteiger partial charge in [-0.3, -0.25) is 14.5 Å². The van der Waals surface area contributed by atoms with Crippen molar-refractivity contribution in [2.24, 2.45) is 5.73 Å². The molecule has 11 heteroatoms. The van der Waals surface area contributed by atoms with Gasteiger partial charge in [0.2, 0.25) is 11.0 Å². The number of amides is 1. The summed E-state index contributed by atoms with van der Waals surface area (Å²) in [5.41, 5.74) is 8.80. The van der Waals surface area contributed by atoms with Crippen molar-refractivity contribution in [2.75, 3.05) is 16.0 Å². The number of thioether (sulfide) groups is 1. The number of rotatable bonds is 6. The monoisotopic (exact) mass is 568 g/mol. The molecule has 0 fully saturated rings. The number of anilines is 2. The summed E-state index contributed by atoms with van der Waals surface area (Å²) in [5.74, 6) is 0.697. The van der Waals surface area contributed by atoms with E-state index >= 15 is 0 Å². The van der Waals surface area contributed by atoms with Crippen molar-refractivity contribution in [3.63, 3.8) is 0 Å². The highest BCUT2D eigenvalue weighted by Crippen LogP contribution is 2.47. The SMILES string of the molecule is Cc1ccc(C2C(C#N)=C(N)N(c3nnc(SCC(=O)Nc4cccc5ccccc45)s3)C3=C2C(=O)CCC3)o1. The number of carbonyl (C=O) groups excluding carboxylic acids is 2. The third-order valence-corrected chi connectivity index (χ3v) is 8.98. The number of allylic oxidation sites excluding steroid dienone is 3. The average Bonchev–Trinajstić information content (AvgIpc) is 3.60. The molecule has 0 bridgehead atoms. The Morgan fingerprint density at radius 2 is 2.02 bits per heavy atom. The van der Waals surface area contributed by atoms with Crippen molar-refractivity contribution in [1.82, 2.24) is 10.2 Å². The normalized spacial score (nSPS) is 17.2. The fourth-order valence-electron chi connectivity index (χ4n) is 5.20. The summed E-state index contributed by atoms with van der Waals surface area (Å²) < 4.78 is 6.43. The van der Waals surface area contributed by atoms with E-state index in [4.69, 9.17) is 10.2 Å². The van der Waals surface area contributed by atoms with Crippen LogP contribution in [-0.4, -0.2) is 27.6 Å². The van der Waals surface area contributed by atoms with Gasteiger partial charge in [0.05, 0.1) is 23.3 Å². The summed E-state index contributed by atoms with van der Waals surface area (Å²) in [7, 11) is 0. The number of furan rings is 1. The van der Waals surface area contributed by atoms with Crippen LogP contribution in [0.3, 0.4) is 0 Å². The molecular formula is C29H24N6O3S2. The maximum Gasteiger partial charge on any atom is 0.234 e. The third kappa shape index (κ3) is 4.65. The first-order chi connectivity index (χ1) is 19.4. The van der Waals surface area contributed by atoms with Gasteiger partial charge in [0.15, 0.2) is 10.1 Å². The average molecular weight is 569 g/mol. The van der Waals surface area contributed by atoms with Crippen LogP contribution >= 0.6 is 23.1 Å². The van der Waals surface area contributed by atoms with Crippen LogP contribution < -0.4 is 16.0 Å². The van der Waals surface area contributed by atoms with E-state index in [9.17, 15) is 14.9 Å². The maximum atomic E-state index is 13.2. The van der Waals surface area contributed by atoms with Crippen molar-refractivity contribution < 1.29 is 14.0 Å². The van der Waals surface area contributed by atoms with Gasteiger partial charge in [-0.25, -0.2) is 0 Å². The third-order valence-electron chi connectivity index (χ3n) is 6.94. The number of nitriles is 1. The number of nitrogens with two attached hydrogens (primary N) is 1. The second-order valence-electron chi connectivity index (χ2n) is 9.48. The topological polar surface area (TPSA) is 138 Å². The number of hydrogen-bond donors (Lipinski definition) is 2. The molecule has 9 nitrogen and oxygen atoms in total. The molecule has 3 N–H and O–H groups in total. The molecule has 200 valence electrons. The molecular weight excluding hydrogens is 544 g/mol. The summed E-state index contributed by atoms with van der Waals surface area (Å²) in [6.45, 7) is 1.82. The van der Waals surface area contributed by atoms with E-state index in [0.717, 1.165) is 16.5 Å². The number of aryl methyl sites for hydroxylation is 1. The van der Waals surface area contributed by atoms with Crippen molar-refractivity contribution in [2.45, 2.75) is 36.4 Å². The number of benzene rings is 2. The fraction of sp³-hybridized carbons (Fsp3) is 0.207. The van der Waals surface area contributed by atoms with Crippen molar-refractivity contribution in [3.05, 3.63) is 88.8 Å². The fourth-order valence-corrected chi connectivity index (χ4v) is 6.88. The van der Waals surface area contributed by atoms with Crippen LogP contribution in [0.5, 0.6) is 0 Å². The number of hydrogen-bond acceptors (Lipinski definition) is 10. The maximum absolute atomic E-state index is 13.2. The van der Waals surface area contributed by atoms with Crippen LogP contribution in [-0.2, 0) is 9.59 Å². The molecule has 6 rings (SSSR count). The number of carbonyl (C=O) groups is 2. The summed E-state index contributed by atoms with van der Waals surface area (Å²) in [5, 5.41) is 24.1. The molecule has 4 aromatic rings. The number of nitrogens with one attached hydrogen (secondary N) is 1. The zero-order valence-corrected chi connectivity index (χ0v) is 23.1. The largest absolute Gasteiger partial charge is 0.465 e. The number of fused-ring (bicyclic) bond motifs is 1. The highest BCUT2D eigenvalue weighted by molar-refractivity contribution is 8.01. The highest BCUT2D eigenvalue weighted by atomic mass is 32.2. The van der Waals surface area contributed by atoms with E-state index in [0.29, 0.717) is 51.5 Å². The molecule has 0 spiro atoms. The van der Waals surface area contributed by atoms with Crippen LogP contribution in [0.4, 0.5) is 10.8 Å². The van der Waals surface area contributed by atoms with Crippen LogP contribution in [0.25, 0.3) is 10.8 Å². The first-order valence-corrected chi connectivity index (χ1v) is 14.5. The summed E-state index contributed by atoms with van der Waals surface area (Å²) in [6, 6.07) is 19.5. The smallest absolute Gasteiger partial charge is 0.234 e. The molecule has 2 aromatic heterocycles. The Bertz CT molecular complexity index is 1760. The number of Topliss-reactive ketones (excluding diaryl/α,β-unsaturated/α-hetero) is 1. The molecule has 0 saturated heterocycles. The van der Waals surface area contributed by atoms with Crippen molar-refractivity contribution >= 4 is 56.4 Å². The van der Waals surface area contributed by atoms with E-state index < -0.39 is 5.92 Å². The van der Waals surface area contributed by atoms with Gasteiger partial charge in [-0.15, -0.1) is 10.2 Å². The first kappa shape index (κ1) is 25.9. The zero-order chi connectivity index (χ0) is 27.8. The lowest BCUT2D eigenvalue weighted by molar-refractivity contribution is -0.116. The molecule has 40 heavy (non-hydrogen) atoms.